The van der Waals surface area contributed by atoms with Crippen molar-refractivity contribution in [2.24, 2.45) is 0 Å². The van der Waals surface area contributed by atoms with Crippen molar-refractivity contribution in [2.45, 2.75) is 31.7 Å². The second kappa shape index (κ2) is 9.14. The first-order chi connectivity index (χ1) is 14.2. The fraction of sp³-hybridized carbons (Fsp3) is 0.375. The van der Waals surface area contributed by atoms with Gasteiger partial charge >= 0.3 is 0 Å². The molecule has 2 heterocycles. The highest BCUT2D eigenvalue weighted by molar-refractivity contribution is 5.84. The molecule has 3 aromatic rings. The number of hydrogen-bond acceptors (Lipinski definition) is 3. The molecule has 152 valence electrons. The molecule has 1 aromatic heterocycles. The molecule has 1 aliphatic rings. The molecule has 5 nitrogen and oxygen atoms in total. The first kappa shape index (κ1) is 19.5. The second-order valence-corrected chi connectivity index (χ2v) is 7.70. The lowest BCUT2D eigenvalue weighted by Gasteiger charge is -2.28. The molecule has 1 saturated heterocycles. The minimum atomic E-state index is 0.105. The number of benzene rings is 2. The van der Waals surface area contributed by atoms with Gasteiger partial charge in [0, 0.05) is 30.1 Å². The van der Waals surface area contributed by atoms with Crippen molar-refractivity contribution in [3.63, 3.8) is 0 Å². The Morgan fingerprint density at radius 3 is 2.66 bits per heavy atom. The van der Waals surface area contributed by atoms with E-state index >= 15 is 0 Å². The average molecular weight is 392 g/mol. The van der Waals surface area contributed by atoms with Gasteiger partial charge in [0.2, 0.25) is 5.91 Å². The van der Waals surface area contributed by atoms with Gasteiger partial charge in [-0.05, 0) is 61.7 Å². The Morgan fingerprint density at radius 1 is 1.14 bits per heavy atom. The lowest BCUT2D eigenvalue weighted by atomic mass is 10.0. The highest BCUT2D eigenvalue weighted by Crippen LogP contribution is 2.26. The molecule has 4 rings (SSSR count). The van der Waals surface area contributed by atoms with Gasteiger partial charge < -0.3 is 15.0 Å². The van der Waals surface area contributed by atoms with Crippen molar-refractivity contribution in [3.05, 3.63) is 65.9 Å². The van der Waals surface area contributed by atoms with E-state index in [1.54, 1.807) is 7.11 Å². The van der Waals surface area contributed by atoms with E-state index in [0.717, 1.165) is 30.8 Å². The molecule has 1 aliphatic heterocycles. The monoisotopic (exact) mass is 391 g/mol. The molecule has 1 amide bonds. The largest absolute Gasteiger partial charge is 0.497 e. The molecule has 5 heteroatoms. The van der Waals surface area contributed by atoms with Crippen molar-refractivity contribution in [1.29, 1.82) is 0 Å². The number of aromatic amines is 1. The van der Waals surface area contributed by atoms with Gasteiger partial charge in [-0.25, -0.2) is 0 Å². The van der Waals surface area contributed by atoms with Gasteiger partial charge in [-0.1, -0.05) is 30.3 Å². The normalized spacial score (nSPS) is 15.5. The van der Waals surface area contributed by atoms with Crippen LogP contribution in [0.4, 0.5) is 0 Å². The summed E-state index contributed by atoms with van der Waals surface area (Å²) in [6.45, 7) is 2.81. The lowest BCUT2D eigenvalue weighted by molar-refractivity contribution is -0.121. The number of aromatic nitrogens is 1. The summed E-state index contributed by atoms with van der Waals surface area (Å²) in [6.07, 6.45) is 5.70. The predicted octanol–water partition coefficient (Wildman–Crippen LogP) is 4.06. The first-order valence-corrected chi connectivity index (χ1v) is 10.4. The molecule has 1 atom stereocenters. The summed E-state index contributed by atoms with van der Waals surface area (Å²) in [6, 6.07) is 16.7. The topological polar surface area (TPSA) is 57.4 Å². The fourth-order valence-electron chi connectivity index (χ4n) is 4.22. The third kappa shape index (κ3) is 4.62. The lowest BCUT2D eigenvalue weighted by Crippen LogP contribution is -2.36. The molecule has 0 bridgehead atoms. The van der Waals surface area contributed by atoms with Crippen molar-refractivity contribution in [2.75, 3.05) is 26.7 Å². The van der Waals surface area contributed by atoms with Crippen LogP contribution in [-0.2, 0) is 11.2 Å². The first-order valence-electron chi connectivity index (χ1n) is 10.4. The molecule has 2 N–H and O–H groups in total. The summed E-state index contributed by atoms with van der Waals surface area (Å²) in [5.41, 5.74) is 3.54. The smallest absolute Gasteiger partial charge is 0.220 e. The number of hydrogen-bond donors (Lipinski definition) is 2. The van der Waals surface area contributed by atoms with Crippen LogP contribution in [0.5, 0.6) is 5.75 Å². The van der Waals surface area contributed by atoms with E-state index in [-0.39, 0.29) is 11.9 Å². The molecule has 2 aromatic carbocycles. The third-order valence-electron chi connectivity index (χ3n) is 5.87. The third-order valence-corrected chi connectivity index (χ3v) is 5.87. The number of carbonyl (C=O) groups excluding carboxylic acids is 1. The number of nitrogens with zero attached hydrogens (tertiary/aromatic N) is 1. The molecule has 29 heavy (non-hydrogen) atoms. The van der Waals surface area contributed by atoms with Crippen LogP contribution in [0.1, 0.15) is 36.4 Å². The van der Waals surface area contributed by atoms with Crippen LogP contribution in [0.25, 0.3) is 10.9 Å². The summed E-state index contributed by atoms with van der Waals surface area (Å²) in [5.74, 6) is 0.963. The SMILES string of the molecule is COc1ccc([C@H](CNC(=O)CCc2c[nH]c3ccccc23)N2CCCC2)cc1. The minimum Gasteiger partial charge on any atom is -0.497 e. The van der Waals surface area contributed by atoms with Gasteiger partial charge in [0.15, 0.2) is 0 Å². The number of H-pyrrole nitrogens is 1. The second-order valence-electron chi connectivity index (χ2n) is 7.70. The summed E-state index contributed by atoms with van der Waals surface area (Å²) < 4.78 is 5.28. The maximum Gasteiger partial charge on any atom is 0.220 e. The summed E-state index contributed by atoms with van der Waals surface area (Å²) in [4.78, 5) is 18.3. The van der Waals surface area contributed by atoms with Gasteiger partial charge in [-0.3, -0.25) is 9.69 Å². The summed E-state index contributed by atoms with van der Waals surface area (Å²) in [5, 5.41) is 4.38. The molecule has 0 saturated carbocycles. The van der Waals surface area contributed by atoms with Crippen LogP contribution < -0.4 is 10.1 Å². The number of rotatable bonds is 8. The molecule has 1 fully saturated rings. The van der Waals surface area contributed by atoms with Crippen LogP contribution in [0, 0.1) is 0 Å². The van der Waals surface area contributed by atoms with Crippen LogP contribution in [0.2, 0.25) is 0 Å². The van der Waals surface area contributed by atoms with E-state index in [9.17, 15) is 4.79 Å². The number of para-hydroxylation sites is 1. The Bertz CT molecular complexity index is 942. The molecule has 0 aliphatic carbocycles. The molecular formula is C24H29N3O2. The number of nitrogens with one attached hydrogen (secondary N) is 2. The zero-order chi connectivity index (χ0) is 20.1. The number of amides is 1. The van der Waals surface area contributed by atoms with Gasteiger partial charge in [0.25, 0.3) is 0 Å². The Kier molecular flexibility index (Phi) is 6.15. The summed E-state index contributed by atoms with van der Waals surface area (Å²) in [7, 11) is 1.68. The van der Waals surface area contributed by atoms with Crippen molar-refractivity contribution in [1.82, 2.24) is 15.2 Å². The Morgan fingerprint density at radius 2 is 1.90 bits per heavy atom. The van der Waals surface area contributed by atoms with E-state index < -0.39 is 0 Å². The van der Waals surface area contributed by atoms with E-state index in [1.165, 1.54) is 29.4 Å². The van der Waals surface area contributed by atoms with Crippen LogP contribution in [0.15, 0.2) is 54.7 Å². The number of aryl methyl sites for hydroxylation is 1. The Hall–Kier alpha value is -2.79. The number of carbonyl (C=O) groups is 1. The van der Waals surface area contributed by atoms with Crippen LogP contribution in [-0.4, -0.2) is 42.5 Å². The molecule has 0 spiro atoms. The highest BCUT2D eigenvalue weighted by atomic mass is 16.5. The Labute approximate surface area is 172 Å². The Balaban J connectivity index is 1.36. The minimum absolute atomic E-state index is 0.105. The number of methoxy groups -OCH3 is 1. The van der Waals surface area contributed by atoms with Crippen molar-refractivity contribution in [3.8, 4) is 5.75 Å². The maximum atomic E-state index is 12.6. The zero-order valence-corrected chi connectivity index (χ0v) is 17.0. The highest BCUT2D eigenvalue weighted by Gasteiger charge is 2.24. The fourth-order valence-corrected chi connectivity index (χ4v) is 4.22. The summed E-state index contributed by atoms with van der Waals surface area (Å²) >= 11 is 0. The van der Waals surface area contributed by atoms with E-state index in [0.29, 0.717) is 13.0 Å². The zero-order valence-electron chi connectivity index (χ0n) is 17.0. The number of fused-ring (bicyclic) bond motifs is 1. The van der Waals surface area contributed by atoms with Crippen LogP contribution >= 0.6 is 0 Å². The predicted molar refractivity (Wildman–Crippen MR) is 116 cm³/mol. The average Bonchev–Trinajstić information content (AvgIpc) is 3.43. The van der Waals surface area contributed by atoms with Crippen molar-refractivity contribution < 1.29 is 9.53 Å². The number of ether oxygens (including phenoxy) is 1. The van der Waals surface area contributed by atoms with Gasteiger partial charge in [-0.15, -0.1) is 0 Å². The molecule has 0 radical (unpaired) electrons. The van der Waals surface area contributed by atoms with E-state index in [1.807, 2.05) is 30.5 Å². The van der Waals surface area contributed by atoms with Gasteiger partial charge in [0.1, 0.15) is 5.75 Å². The molecule has 0 unspecified atom stereocenters. The molecular weight excluding hydrogens is 362 g/mol. The van der Waals surface area contributed by atoms with Crippen LogP contribution in [0.3, 0.4) is 0 Å². The van der Waals surface area contributed by atoms with Gasteiger partial charge in [0.05, 0.1) is 13.2 Å². The number of likely N-dealkylation sites (tertiary alicyclic amines) is 1. The van der Waals surface area contributed by atoms with E-state index in [4.69, 9.17) is 4.74 Å². The quantitative estimate of drug-likeness (QED) is 0.609. The van der Waals surface area contributed by atoms with E-state index in [2.05, 4.69) is 39.5 Å². The maximum absolute atomic E-state index is 12.6. The van der Waals surface area contributed by atoms with Gasteiger partial charge in [-0.2, -0.15) is 0 Å². The standard InChI is InChI=1S/C24H29N3O2/c1-29-20-11-8-18(9-12-20)23(27-14-4-5-15-27)17-26-24(28)13-10-19-16-25-22-7-3-2-6-21(19)22/h2-3,6-9,11-12,16,23,25H,4-5,10,13-15,17H2,1H3,(H,26,28)/t23-/m0/s1. The van der Waals surface area contributed by atoms with Crippen molar-refractivity contribution >= 4 is 16.8 Å².